The first-order valence-corrected chi connectivity index (χ1v) is 7.59. The van der Waals surface area contributed by atoms with Crippen molar-refractivity contribution >= 4 is 28.6 Å². The molecule has 0 aromatic heterocycles. The number of hydrogen-bond donors (Lipinski definition) is 2. The number of rotatable bonds is 6. The first kappa shape index (κ1) is 15.8. The number of fused-ring (bicyclic) bond motifs is 1. The topological polar surface area (TPSA) is 87.7 Å². The summed E-state index contributed by atoms with van der Waals surface area (Å²) in [5.74, 6) is 0.0281. The monoisotopic (exact) mass is 327 g/mol. The van der Waals surface area contributed by atoms with E-state index in [1.54, 1.807) is 0 Å². The third kappa shape index (κ3) is 3.62. The minimum Gasteiger partial charge on any atom is -0.491 e. The third-order valence-corrected chi connectivity index (χ3v) is 3.63. The molecular formula is C17H17N3O4. The summed E-state index contributed by atoms with van der Waals surface area (Å²) in [7, 11) is 0. The minimum atomic E-state index is -0.540. The van der Waals surface area contributed by atoms with Crippen LogP contribution in [0, 0.1) is 0 Å². The van der Waals surface area contributed by atoms with Crippen molar-refractivity contribution < 1.29 is 19.1 Å². The number of amides is 4. The Morgan fingerprint density at radius 2 is 1.96 bits per heavy atom. The van der Waals surface area contributed by atoms with Gasteiger partial charge in [-0.2, -0.15) is 0 Å². The van der Waals surface area contributed by atoms with E-state index in [2.05, 4.69) is 10.6 Å². The summed E-state index contributed by atoms with van der Waals surface area (Å²) in [6.45, 7) is 0.390. The van der Waals surface area contributed by atoms with Gasteiger partial charge < -0.3 is 15.0 Å². The van der Waals surface area contributed by atoms with Gasteiger partial charge in [0.1, 0.15) is 25.4 Å². The van der Waals surface area contributed by atoms with E-state index in [4.69, 9.17) is 4.74 Å². The van der Waals surface area contributed by atoms with E-state index in [0.29, 0.717) is 13.2 Å². The summed E-state index contributed by atoms with van der Waals surface area (Å²) in [6.07, 6.45) is 0. The van der Waals surface area contributed by atoms with Gasteiger partial charge in [-0.3, -0.25) is 14.9 Å². The molecule has 1 aliphatic heterocycles. The molecule has 0 saturated carbocycles. The molecule has 7 nitrogen and oxygen atoms in total. The molecule has 4 amide bonds. The van der Waals surface area contributed by atoms with Gasteiger partial charge in [0, 0.05) is 5.39 Å². The Bertz CT molecular complexity index is 785. The maximum Gasteiger partial charge on any atom is 0.325 e. The zero-order chi connectivity index (χ0) is 16.9. The van der Waals surface area contributed by atoms with Crippen LogP contribution >= 0.6 is 0 Å². The van der Waals surface area contributed by atoms with Crippen molar-refractivity contribution in [3.05, 3.63) is 42.5 Å². The van der Waals surface area contributed by atoms with Crippen LogP contribution in [0.3, 0.4) is 0 Å². The van der Waals surface area contributed by atoms with Crippen molar-refractivity contribution in [3.63, 3.8) is 0 Å². The Labute approximate surface area is 138 Å². The molecule has 1 saturated heterocycles. The molecule has 3 rings (SSSR count). The third-order valence-electron chi connectivity index (χ3n) is 3.63. The van der Waals surface area contributed by atoms with Crippen LogP contribution in [0.15, 0.2) is 42.5 Å². The molecule has 0 spiro atoms. The minimum absolute atomic E-state index is 0.0846. The van der Waals surface area contributed by atoms with Gasteiger partial charge in [-0.25, -0.2) is 4.79 Å². The number of imide groups is 1. The van der Waals surface area contributed by atoms with Gasteiger partial charge in [0.05, 0.1) is 6.54 Å². The summed E-state index contributed by atoms with van der Waals surface area (Å²) in [4.78, 5) is 35.3. The maximum absolute atomic E-state index is 11.8. The molecule has 2 N–H and O–H groups in total. The highest BCUT2D eigenvalue weighted by molar-refractivity contribution is 6.03. The zero-order valence-corrected chi connectivity index (χ0v) is 13.0. The van der Waals surface area contributed by atoms with Crippen molar-refractivity contribution in [3.8, 4) is 5.75 Å². The highest BCUT2D eigenvalue weighted by atomic mass is 16.5. The fourth-order valence-corrected chi connectivity index (χ4v) is 2.51. The lowest BCUT2D eigenvalue weighted by Gasteiger charge is -2.13. The second-order valence-electron chi connectivity index (χ2n) is 5.39. The second-order valence-corrected chi connectivity index (χ2v) is 5.39. The molecule has 124 valence electrons. The standard InChI is InChI=1S/C17H17N3O4/c21-15(10-20-11-16(22)19-17(20)23)18-8-9-24-14-7-3-5-12-4-1-2-6-13(12)14/h1-7H,8-11H2,(H,18,21)(H,19,22,23). The molecule has 2 aromatic carbocycles. The average Bonchev–Trinajstić information content (AvgIpc) is 2.89. The smallest absolute Gasteiger partial charge is 0.325 e. The lowest BCUT2D eigenvalue weighted by Crippen LogP contribution is -2.40. The van der Waals surface area contributed by atoms with E-state index < -0.39 is 11.9 Å². The van der Waals surface area contributed by atoms with Crippen LogP contribution in [0.4, 0.5) is 4.79 Å². The SMILES string of the molecule is O=C(CN1CC(=O)NC1=O)NCCOc1cccc2ccccc12. The van der Waals surface area contributed by atoms with E-state index in [1.165, 1.54) is 0 Å². The van der Waals surface area contributed by atoms with Crippen LogP contribution < -0.4 is 15.4 Å². The lowest BCUT2D eigenvalue weighted by molar-refractivity contribution is -0.122. The van der Waals surface area contributed by atoms with Crippen LogP contribution in [-0.2, 0) is 9.59 Å². The first-order valence-electron chi connectivity index (χ1n) is 7.59. The summed E-state index contributed by atoms with van der Waals surface area (Å²) in [5.41, 5.74) is 0. The highest BCUT2D eigenvalue weighted by Gasteiger charge is 2.27. The Kier molecular flexibility index (Phi) is 4.60. The second kappa shape index (κ2) is 6.99. The van der Waals surface area contributed by atoms with Gasteiger partial charge in [0.15, 0.2) is 0 Å². The van der Waals surface area contributed by atoms with Gasteiger partial charge >= 0.3 is 6.03 Å². The van der Waals surface area contributed by atoms with Gasteiger partial charge in [-0.05, 0) is 11.5 Å². The number of carbonyl (C=O) groups is 3. The molecule has 1 aliphatic rings. The van der Waals surface area contributed by atoms with Crippen molar-refractivity contribution in [1.82, 2.24) is 15.5 Å². The highest BCUT2D eigenvalue weighted by Crippen LogP contribution is 2.24. The number of nitrogens with zero attached hydrogens (tertiary/aromatic N) is 1. The van der Waals surface area contributed by atoms with E-state index in [1.807, 2.05) is 42.5 Å². The normalized spacial score (nSPS) is 13.9. The number of nitrogens with one attached hydrogen (secondary N) is 2. The van der Waals surface area contributed by atoms with Crippen LogP contribution in [0.2, 0.25) is 0 Å². The maximum atomic E-state index is 11.8. The zero-order valence-electron chi connectivity index (χ0n) is 13.0. The molecule has 24 heavy (non-hydrogen) atoms. The molecule has 0 aliphatic carbocycles. The van der Waals surface area contributed by atoms with Gasteiger partial charge in [0.25, 0.3) is 0 Å². The van der Waals surface area contributed by atoms with Crippen molar-refractivity contribution in [1.29, 1.82) is 0 Å². The Hall–Kier alpha value is -3.09. The number of ether oxygens (including phenoxy) is 1. The Morgan fingerprint density at radius 1 is 1.17 bits per heavy atom. The van der Waals surface area contributed by atoms with Crippen LogP contribution in [0.5, 0.6) is 5.75 Å². The average molecular weight is 327 g/mol. The van der Waals surface area contributed by atoms with E-state index in [-0.39, 0.29) is 19.0 Å². The van der Waals surface area contributed by atoms with Crippen molar-refractivity contribution in [2.45, 2.75) is 0 Å². The summed E-state index contributed by atoms with van der Waals surface area (Å²) >= 11 is 0. The van der Waals surface area contributed by atoms with E-state index in [9.17, 15) is 14.4 Å². The van der Waals surface area contributed by atoms with Gasteiger partial charge in [-0.15, -0.1) is 0 Å². The Balaban J connectivity index is 1.46. The lowest BCUT2D eigenvalue weighted by atomic mass is 10.1. The van der Waals surface area contributed by atoms with Crippen LogP contribution in [-0.4, -0.2) is 49.0 Å². The van der Waals surface area contributed by atoms with Crippen LogP contribution in [0.1, 0.15) is 0 Å². The summed E-state index contributed by atoms with van der Waals surface area (Å²) in [6, 6.07) is 13.2. The molecule has 0 atom stereocenters. The number of hydrogen-bond acceptors (Lipinski definition) is 4. The Morgan fingerprint density at radius 3 is 2.75 bits per heavy atom. The van der Waals surface area contributed by atoms with Crippen molar-refractivity contribution in [2.75, 3.05) is 26.2 Å². The van der Waals surface area contributed by atoms with Crippen LogP contribution in [0.25, 0.3) is 10.8 Å². The largest absolute Gasteiger partial charge is 0.491 e. The van der Waals surface area contributed by atoms with E-state index in [0.717, 1.165) is 21.4 Å². The number of urea groups is 1. The molecule has 0 bridgehead atoms. The molecule has 1 heterocycles. The fourth-order valence-electron chi connectivity index (χ4n) is 2.51. The quantitative estimate of drug-likeness (QED) is 0.609. The molecule has 0 radical (unpaired) electrons. The predicted octanol–water partition coefficient (Wildman–Crippen LogP) is 0.887. The molecule has 7 heteroatoms. The predicted molar refractivity (Wildman–Crippen MR) is 87.6 cm³/mol. The number of benzene rings is 2. The molecule has 0 unspecified atom stereocenters. The van der Waals surface area contributed by atoms with Crippen molar-refractivity contribution in [2.24, 2.45) is 0 Å². The fraction of sp³-hybridized carbons (Fsp3) is 0.235. The van der Waals surface area contributed by atoms with Gasteiger partial charge in [-0.1, -0.05) is 36.4 Å². The first-order chi connectivity index (χ1) is 11.6. The molecular weight excluding hydrogens is 310 g/mol. The summed E-state index contributed by atoms with van der Waals surface area (Å²) < 4.78 is 5.72. The molecule has 1 fully saturated rings. The number of carbonyl (C=O) groups excluding carboxylic acids is 3. The summed E-state index contributed by atoms with van der Waals surface area (Å²) in [5, 5.41) is 6.89. The van der Waals surface area contributed by atoms with Gasteiger partial charge in [0.2, 0.25) is 11.8 Å². The molecule has 2 aromatic rings. The van der Waals surface area contributed by atoms with E-state index >= 15 is 0 Å².